The molecule has 0 saturated carbocycles. The van der Waals surface area contributed by atoms with Gasteiger partial charge in [0, 0.05) is 11.8 Å². The van der Waals surface area contributed by atoms with Crippen LogP contribution in [0.2, 0.25) is 0 Å². The number of hydrogen-bond acceptors (Lipinski definition) is 2. The van der Waals surface area contributed by atoms with E-state index < -0.39 is 0 Å². The number of aliphatic hydroxyl groups excluding tert-OH is 1. The minimum absolute atomic E-state index is 0.00673. The number of fused-ring (bicyclic) bond motifs is 1. The minimum atomic E-state index is 0.00673. The lowest BCUT2D eigenvalue weighted by atomic mass is 10.1. The highest BCUT2D eigenvalue weighted by Gasteiger charge is 2.04. The van der Waals surface area contributed by atoms with E-state index >= 15 is 0 Å². The number of para-hydroxylation sites is 1. The van der Waals surface area contributed by atoms with Gasteiger partial charge in [-0.2, -0.15) is 5.26 Å². The normalized spacial score (nSPS) is 10.3. The molecule has 0 aliphatic heterocycles. The summed E-state index contributed by atoms with van der Waals surface area (Å²) in [6, 6.07) is 9.80. The van der Waals surface area contributed by atoms with Crippen LogP contribution in [-0.2, 0) is 13.2 Å². The molecule has 0 saturated heterocycles. The smallest absolute Gasteiger partial charge is 0.110 e. The summed E-state index contributed by atoms with van der Waals surface area (Å²) < 4.78 is 1.85. The predicted octanol–water partition coefficient (Wildman–Crippen LogP) is 1.66. The van der Waals surface area contributed by atoms with Crippen molar-refractivity contribution < 1.29 is 5.11 Å². The van der Waals surface area contributed by atoms with Crippen LogP contribution in [0.1, 0.15) is 5.56 Å². The summed E-state index contributed by atoms with van der Waals surface area (Å²) in [5.74, 6) is 0. The van der Waals surface area contributed by atoms with Crippen molar-refractivity contribution in [2.75, 3.05) is 0 Å². The Morgan fingerprint density at radius 3 is 2.93 bits per heavy atom. The number of aromatic nitrogens is 1. The van der Waals surface area contributed by atoms with E-state index in [1.807, 2.05) is 35.0 Å². The van der Waals surface area contributed by atoms with Crippen molar-refractivity contribution in [2.45, 2.75) is 13.2 Å². The van der Waals surface area contributed by atoms with Crippen LogP contribution in [0.3, 0.4) is 0 Å². The fourth-order valence-electron chi connectivity index (χ4n) is 1.68. The standard InChI is InChI=1S/C11H10N2O/c12-5-7-13-6-4-9-2-1-3-10(8-14)11(9)13/h1-4,6,14H,7-8H2. The monoisotopic (exact) mass is 186 g/mol. The molecule has 70 valence electrons. The van der Waals surface area contributed by atoms with E-state index in [9.17, 15) is 0 Å². The molecule has 14 heavy (non-hydrogen) atoms. The highest BCUT2D eigenvalue weighted by Crippen LogP contribution is 2.20. The summed E-state index contributed by atoms with van der Waals surface area (Å²) in [5, 5.41) is 18.8. The van der Waals surface area contributed by atoms with Gasteiger partial charge in [0.25, 0.3) is 0 Å². The van der Waals surface area contributed by atoms with Gasteiger partial charge in [-0.3, -0.25) is 0 Å². The summed E-state index contributed by atoms with van der Waals surface area (Å²) in [6.07, 6.45) is 1.87. The molecule has 2 aromatic rings. The van der Waals surface area contributed by atoms with Gasteiger partial charge in [0.05, 0.1) is 18.2 Å². The van der Waals surface area contributed by atoms with E-state index in [1.54, 1.807) is 0 Å². The maximum Gasteiger partial charge on any atom is 0.110 e. The van der Waals surface area contributed by atoms with E-state index in [1.165, 1.54) is 0 Å². The Morgan fingerprint density at radius 2 is 2.21 bits per heavy atom. The van der Waals surface area contributed by atoms with Crippen molar-refractivity contribution in [3.05, 3.63) is 36.0 Å². The summed E-state index contributed by atoms with van der Waals surface area (Å²) >= 11 is 0. The van der Waals surface area contributed by atoms with Gasteiger partial charge in [-0.1, -0.05) is 18.2 Å². The number of nitriles is 1. The van der Waals surface area contributed by atoms with Crippen LogP contribution in [0.5, 0.6) is 0 Å². The van der Waals surface area contributed by atoms with Crippen LogP contribution < -0.4 is 0 Å². The minimum Gasteiger partial charge on any atom is -0.392 e. The quantitative estimate of drug-likeness (QED) is 0.775. The molecule has 2 rings (SSSR count). The summed E-state index contributed by atoms with van der Waals surface area (Å²) in [6.45, 7) is 0.327. The predicted molar refractivity (Wildman–Crippen MR) is 53.5 cm³/mol. The van der Waals surface area contributed by atoms with Crippen molar-refractivity contribution in [2.24, 2.45) is 0 Å². The molecular weight excluding hydrogens is 176 g/mol. The molecule has 0 atom stereocenters. The lowest BCUT2D eigenvalue weighted by molar-refractivity contribution is 0.283. The van der Waals surface area contributed by atoms with E-state index in [0.29, 0.717) is 6.54 Å². The molecule has 3 nitrogen and oxygen atoms in total. The topological polar surface area (TPSA) is 49.0 Å². The van der Waals surface area contributed by atoms with Crippen LogP contribution in [-0.4, -0.2) is 9.67 Å². The number of benzene rings is 1. The lowest BCUT2D eigenvalue weighted by Crippen LogP contribution is -1.96. The molecular formula is C11H10N2O. The summed E-state index contributed by atoms with van der Waals surface area (Å²) in [7, 11) is 0. The highest BCUT2D eigenvalue weighted by atomic mass is 16.3. The number of aliphatic hydroxyl groups is 1. The van der Waals surface area contributed by atoms with Crippen molar-refractivity contribution in [3.63, 3.8) is 0 Å². The number of hydrogen-bond donors (Lipinski definition) is 1. The van der Waals surface area contributed by atoms with Gasteiger partial charge in [0.15, 0.2) is 0 Å². The molecule has 0 spiro atoms. The molecule has 0 unspecified atom stereocenters. The largest absolute Gasteiger partial charge is 0.392 e. The SMILES string of the molecule is N#CCn1ccc2cccc(CO)c21. The molecule has 0 radical (unpaired) electrons. The van der Waals surface area contributed by atoms with Gasteiger partial charge in [0.1, 0.15) is 6.54 Å². The zero-order valence-electron chi connectivity index (χ0n) is 7.64. The van der Waals surface area contributed by atoms with Gasteiger partial charge < -0.3 is 9.67 Å². The van der Waals surface area contributed by atoms with Gasteiger partial charge in [-0.05, 0) is 11.5 Å². The zero-order valence-corrected chi connectivity index (χ0v) is 7.64. The Labute approximate surface area is 81.8 Å². The van der Waals surface area contributed by atoms with E-state index in [-0.39, 0.29) is 6.61 Å². The molecule has 0 aliphatic carbocycles. The first kappa shape index (κ1) is 8.79. The van der Waals surface area contributed by atoms with Gasteiger partial charge >= 0.3 is 0 Å². The van der Waals surface area contributed by atoms with Gasteiger partial charge in [0.2, 0.25) is 0 Å². The fraction of sp³-hybridized carbons (Fsp3) is 0.182. The molecule has 0 bridgehead atoms. The van der Waals surface area contributed by atoms with E-state index in [2.05, 4.69) is 6.07 Å². The first-order valence-corrected chi connectivity index (χ1v) is 4.41. The van der Waals surface area contributed by atoms with Crippen LogP contribution >= 0.6 is 0 Å². The second kappa shape index (κ2) is 3.52. The Kier molecular flexibility index (Phi) is 2.21. The first-order chi connectivity index (χ1) is 6.86. The third-order valence-electron chi connectivity index (χ3n) is 2.28. The average molecular weight is 186 g/mol. The summed E-state index contributed by atoms with van der Waals surface area (Å²) in [4.78, 5) is 0. The maximum absolute atomic E-state index is 9.15. The van der Waals surface area contributed by atoms with Crippen molar-refractivity contribution in [1.29, 1.82) is 5.26 Å². The Balaban J connectivity index is 2.69. The molecule has 1 aromatic heterocycles. The third-order valence-corrected chi connectivity index (χ3v) is 2.28. The fourth-order valence-corrected chi connectivity index (χ4v) is 1.68. The van der Waals surface area contributed by atoms with E-state index in [0.717, 1.165) is 16.5 Å². The Morgan fingerprint density at radius 1 is 1.36 bits per heavy atom. The van der Waals surface area contributed by atoms with Crippen molar-refractivity contribution in [3.8, 4) is 6.07 Å². The second-order valence-corrected chi connectivity index (χ2v) is 3.11. The first-order valence-electron chi connectivity index (χ1n) is 4.41. The molecule has 1 aromatic carbocycles. The van der Waals surface area contributed by atoms with Crippen molar-refractivity contribution in [1.82, 2.24) is 4.57 Å². The van der Waals surface area contributed by atoms with Crippen LogP contribution in [0, 0.1) is 11.3 Å². The zero-order chi connectivity index (χ0) is 9.97. The third kappa shape index (κ3) is 1.26. The molecule has 1 heterocycles. The maximum atomic E-state index is 9.15. The van der Waals surface area contributed by atoms with Gasteiger partial charge in [-0.15, -0.1) is 0 Å². The van der Waals surface area contributed by atoms with Crippen LogP contribution in [0.4, 0.5) is 0 Å². The lowest BCUT2D eigenvalue weighted by Gasteiger charge is -2.03. The van der Waals surface area contributed by atoms with Gasteiger partial charge in [-0.25, -0.2) is 0 Å². The van der Waals surface area contributed by atoms with Crippen LogP contribution in [0.25, 0.3) is 10.9 Å². The number of nitrogens with zero attached hydrogens (tertiary/aromatic N) is 2. The van der Waals surface area contributed by atoms with E-state index in [4.69, 9.17) is 10.4 Å². The molecule has 0 amide bonds. The highest BCUT2D eigenvalue weighted by molar-refractivity contribution is 5.83. The molecule has 0 aliphatic rings. The Hall–Kier alpha value is -1.79. The van der Waals surface area contributed by atoms with Crippen molar-refractivity contribution >= 4 is 10.9 Å². The Bertz CT molecular complexity index is 493. The molecule has 1 N–H and O–H groups in total. The second-order valence-electron chi connectivity index (χ2n) is 3.11. The van der Waals surface area contributed by atoms with Crippen LogP contribution in [0.15, 0.2) is 30.5 Å². The molecule has 3 heteroatoms. The number of rotatable bonds is 2. The molecule has 0 fully saturated rings. The average Bonchev–Trinajstić information content (AvgIpc) is 2.62. The summed E-state index contributed by atoms with van der Waals surface area (Å²) in [5.41, 5.74) is 1.82.